The quantitative estimate of drug-likeness (QED) is 0.407. The molecule has 40 heavy (non-hydrogen) atoms. The summed E-state index contributed by atoms with van der Waals surface area (Å²) in [6.07, 6.45) is 4.77. The summed E-state index contributed by atoms with van der Waals surface area (Å²) >= 11 is 0. The molecule has 3 aromatic rings. The maximum atomic E-state index is 15.1. The van der Waals surface area contributed by atoms with Gasteiger partial charge in [0, 0.05) is 31.0 Å². The summed E-state index contributed by atoms with van der Waals surface area (Å²) in [5, 5.41) is 13.0. The van der Waals surface area contributed by atoms with Crippen LogP contribution < -0.4 is 15.8 Å². The van der Waals surface area contributed by atoms with E-state index in [-0.39, 0.29) is 29.4 Å². The summed E-state index contributed by atoms with van der Waals surface area (Å²) in [5.41, 5.74) is 5.75. The Hall–Kier alpha value is -3.54. The lowest BCUT2D eigenvalue weighted by molar-refractivity contribution is 0.00720. The van der Waals surface area contributed by atoms with E-state index in [1.165, 1.54) is 6.20 Å². The van der Waals surface area contributed by atoms with Gasteiger partial charge < -0.3 is 25.6 Å². The summed E-state index contributed by atoms with van der Waals surface area (Å²) in [5.74, 6) is -3.96. The van der Waals surface area contributed by atoms with Crippen LogP contribution in [0.3, 0.4) is 0 Å². The van der Waals surface area contributed by atoms with Gasteiger partial charge in [-0.25, -0.2) is 18.2 Å². The van der Waals surface area contributed by atoms with E-state index in [9.17, 15) is 14.3 Å². The van der Waals surface area contributed by atoms with E-state index in [1.54, 1.807) is 12.3 Å². The summed E-state index contributed by atoms with van der Waals surface area (Å²) < 4.78 is 55.9. The van der Waals surface area contributed by atoms with Crippen LogP contribution in [0.4, 0.5) is 18.9 Å². The molecule has 2 fully saturated rings. The van der Waals surface area contributed by atoms with E-state index < -0.39 is 46.8 Å². The first-order valence-electron chi connectivity index (χ1n) is 13.3. The summed E-state index contributed by atoms with van der Waals surface area (Å²) in [6.45, 7) is 2.84. The lowest BCUT2D eigenvalue weighted by atomic mass is 9.74. The van der Waals surface area contributed by atoms with Crippen molar-refractivity contribution in [3.8, 4) is 17.0 Å². The Kier molecular flexibility index (Phi) is 8.34. The van der Waals surface area contributed by atoms with Crippen molar-refractivity contribution in [2.45, 2.75) is 56.8 Å². The Morgan fingerprint density at radius 2 is 1.93 bits per heavy atom. The second-order valence-corrected chi connectivity index (χ2v) is 10.5. The number of benzene rings is 1. The molecule has 11 heteroatoms. The van der Waals surface area contributed by atoms with Crippen LogP contribution in [0.15, 0.2) is 42.7 Å². The predicted molar refractivity (Wildman–Crippen MR) is 141 cm³/mol. The first-order valence-corrected chi connectivity index (χ1v) is 13.3. The largest absolute Gasteiger partial charge is 0.488 e. The van der Waals surface area contributed by atoms with Crippen LogP contribution in [0.25, 0.3) is 11.3 Å². The van der Waals surface area contributed by atoms with Gasteiger partial charge in [0.05, 0.1) is 30.2 Å². The fourth-order valence-electron chi connectivity index (χ4n) is 5.46. The number of pyridine rings is 2. The predicted octanol–water partition coefficient (Wildman–Crippen LogP) is 4.57. The zero-order valence-electron chi connectivity index (χ0n) is 21.9. The van der Waals surface area contributed by atoms with Gasteiger partial charge in [-0.15, -0.1) is 0 Å². The molecule has 212 valence electrons. The molecule has 5 rings (SSSR count). The van der Waals surface area contributed by atoms with Gasteiger partial charge in [0.1, 0.15) is 40.7 Å². The van der Waals surface area contributed by atoms with Crippen molar-refractivity contribution in [3.05, 3.63) is 71.4 Å². The number of ether oxygens (including phenoxy) is 2. The van der Waals surface area contributed by atoms with Gasteiger partial charge in [-0.2, -0.15) is 0 Å². The number of hydrogen-bond donors (Lipinski definition) is 3. The number of amides is 1. The first kappa shape index (κ1) is 28.0. The monoisotopic (exact) mass is 556 g/mol. The topological polar surface area (TPSA) is 120 Å². The van der Waals surface area contributed by atoms with Crippen molar-refractivity contribution in [2.75, 3.05) is 18.5 Å². The maximum Gasteiger partial charge on any atom is 0.274 e. The number of anilines is 1. The van der Waals surface area contributed by atoms with Gasteiger partial charge in [0.2, 0.25) is 0 Å². The van der Waals surface area contributed by atoms with Crippen LogP contribution in [0.5, 0.6) is 5.75 Å². The Morgan fingerprint density at radius 3 is 2.62 bits per heavy atom. The molecule has 1 unspecified atom stereocenters. The van der Waals surface area contributed by atoms with E-state index in [4.69, 9.17) is 15.2 Å². The molecule has 8 nitrogen and oxygen atoms in total. The van der Waals surface area contributed by atoms with Crippen molar-refractivity contribution >= 4 is 11.6 Å². The van der Waals surface area contributed by atoms with Crippen molar-refractivity contribution in [2.24, 2.45) is 11.7 Å². The highest BCUT2D eigenvalue weighted by Crippen LogP contribution is 2.39. The Morgan fingerprint density at radius 1 is 1.15 bits per heavy atom. The first-order chi connectivity index (χ1) is 19.2. The van der Waals surface area contributed by atoms with E-state index in [2.05, 4.69) is 15.3 Å². The Bertz CT molecular complexity index is 1350. The third kappa shape index (κ3) is 5.96. The molecule has 3 heterocycles. The molecule has 1 amide bonds. The highest BCUT2D eigenvalue weighted by atomic mass is 19.1. The molecule has 0 radical (unpaired) electrons. The third-order valence-corrected chi connectivity index (χ3v) is 7.53. The number of aliphatic hydroxyl groups excluding tert-OH is 1. The minimum atomic E-state index is -1.07. The molecule has 0 bridgehead atoms. The van der Waals surface area contributed by atoms with Gasteiger partial charge >= 0.3 is 0 Å². The molecule has 0 spiro atoms. The average Bonchev–Trinajstić information content (AvgIpc) is 2.93. The number of nitrogens with zero attached hydrogens (tertiary/aromatic N) is 2. The fraction of sp³-hybridized carbons (Fsp3) is 0.414. The van der Waals surface area contributed by atoms with Crippen LogP contribution in [0.1, 0.15) is 54.6 Å². The standard InChI is InChI=1S/C29H31F3N4O4/c1-15-9-16(10-23(33)28(15)37)19-6-7-34-13-25(19)36-29(38)24-5-4-20(30)27(35-24)26-21(31)11-18(12-22(26)32)40-17-3-2-8-39-14-17/h4-7,11-13,15-17,23,28,37H,2-3,8-10,14,33H2,1H3,(H,36,38)/t15-,16+,17?,23+,28+/m0/s1. The molecule has 5 atom stereocenters. The summed E-state index contributed by atoms with van der Waals surface area (Å²) in [7, 11) is 0. The van der Waals surface area contributed by atoms with Crippen molar-refractivity contribution in [3.63, 3.8) is 0 Å². The third-order valence-electron chi connectivity index (χ3n) is 7.53. The molecule has 4 N–H and O–H groups in total. The normalized spacial score (nSPS) is 24.9. The minimum absolute atomic E-state index is 0.0347. The summed E-state index contributed by atoms with van der Waals surface area (Å²) in [4.78, 5) is 21.2. The van der Waals surface area contributed by atoms with Gasteiger partial charge in [-0.05, 0) is 61.3 Å². The Balaban J connectivity index is 1.38. The molecule has 1 saturated heterocycles. The van der Waals surface area contributed by atoms with Gasteiger partial charge in [0.25, 0.3) is 5.91 Å². The average molecular weight is 557 g/mol. The molecule has 2 aliphatic rings. The molecule has 1 aliphatic carbocycles. The van der Waals surface area contributed by atoms with Crippen LogP contribution in [0, 0.1) is 23.4 Å². The van der Waals surface area contributed by atoms with Crippen LogP contribution in [0.2, 0.25) is 0 Å². The minimum Gasteiger partial charge on any atom is -0.488 e. The number of carbonyl (C=O) groups excluding carboxylic acids is 1. The van der Waals surface area contributed by atoms with E-state index in [0.717, 1.165) is 36.2 Å². The lowest BCUT2D eigenvalue weighted by Gasteiger charge is -2.36. The smallest absolute Gasteiger partial charge is 0.274 e. The maximum absolute atomic E-state index is 15.1. The number of aromatic nitrogens is 2. The van der Waals surface area contributed by atoms with Crippen LogP contribution >= 0.6 is 0 Å². The molecular formula is C29H31F3N4O4. The highest BCUT2D eigenvalue weighted by Gasteiger charge is 2.34. The zero-order chi connectivity index (χ0) is 28.4. The van der Waals surface area contributed by atoms with Gasteiger partial charge in [-0.1, -0.05) is 6.92 Å². The van der Waals surface area contributed by atoms with Crippen molar-refractivity contribution in [1.29, 1.82) is 0 Å². The van der Waals surface area contributed by atoms with E-state index in [1.807, 2.05) is 6.92 Å². The lowest BCUT2D eigenvalue weighted by Crippen LogP contribution is -2.44. The number of nitrogens with one attached hydrogen (secondary N) is 1. The van der Waals surface area contributed by atoms with E-state index in [0.29, 0.717) is 38.2 Å². The van der Waals surface area contributed by atoms with E-state index >= 15 is 8.78 Å². The van der Waals surface area contributed by atoms with Crippen LogP contribution in [-0.4, -0.2) is 52.4 Å². The molecule has 1 saturated carbocycles. The van der Waals surface area contributed by atoms with Gasteiger partial charge in [-0.3, -0.25) is 9.78 Å². The number of halogens is 3. The molecule has 1 aromatic carbocycles. The number of carbonyl (C=O) groups is 1. The van der Waals surface area contributed by atoms with Crippen molar-refractivity contribution in [1.82, 2.24) is 9.97 Å². The Labute approximate surface area is 229 Å². The number of nitrogens with two attached hydrogens (primary N) is 1. The van der Waals surface area contributed by atoms with Crippen molar-refractivity contribution < 1.29 is 32.5 Å². The molecular weight excluding hydrogens is 525 g/mol. The summed E-state index contributed by atoms with van der Waals surface area (Å²) in [6, 6.07) is 5.37. The SMILES string of the molecule is C[C@H]1C[C@@H](c2ccncc2NC(=O)c2ccc(F)c(-c3c(F)cc(OC4CCCOC4)cc3F)n2)C[C@@H](N)[C@@H]1O. The highest BCUT2D eigenvalue weighted by molar-refractivity contribution is 6.03. The molecule has 1 aliphatic heterocycles. The molecule has 2 aromatic heterocycles. The number of aliphatic hydroxyl groups is 1. The fourth-order valence-corrected chi connectivity index (χ4v) is 5.46. The van der Waals surface area contributed by atoms with Gasteiger partial charge in [0.15, 0.2) is 0 Å². The second-order valence-electron chi connectivity index (χ2n) is 10.5. The number of hydrogen-bond acceptors (Lipinski definition) is 7. The van der Waals surface area contributed by atoms with Crippen LogP contribution in [-0.2, 0) is 4.74 Å². The zero-order valence-corrected chi connectivity index (χ0v) is 21.9. The second kappa shape index (κ2) is 11.9. The number of rotatable bonds is 6.